The van der Waals surface area contributed by atoms with Gasteiger partial charge in [-0.25, -0.2) is 8.42 Å². The zero-order chi connectivity index (χ0) is 14.0. The lowest BCUT2D eigenvalue weighted by molar-refractivity contribution is 0.106. The van der Waals surface area contributed by atoms with Crippen molar-refractivity contribution >= 4 is 15.5 Å². The normalized spacial score (nSPS) is 24.2. The van der Waals surface area contributed by atoms with Crippen molar-refractivity contribution in [3.8, 4) is 0 Å². The molecule has 1 aromatic rings. The van der Waals surface area contributed by atoms with E-state index in [1.54, 1.807) is 24.3 Å². The number of rotatable bonds is 3. The van der Waals surface area contributed by atoms with Gasteiger partial charge in [0, 0.05) is 19.0 Å². The summed E-state index contributed by atoms with van der Waals surface area (Å²) in [4.78, 5) is 2.38. The Bertz CT molecular complexity index is 524. The van der Waals surface area contributed by atoms with Gasteiger partial charge < -0.3 is 10.0 Å². The van der Waals surface area contributed by atoms with Crippen molar-refractivity contribution in [2.45, 2.75) is 42.7 Å². The fraction of sp³-hybridized carbons (Fsp3) is 0.571. The lowest BCUT2D eigenvalue weighted by Crippen LogP contribution is -2.43. The Hall–Kier alpha value is -1.07. The van der Waals surface area contributed by atoms with Gasteiger partial charge in [-0.1, -0.05) is 12.8 Å². The molecule has 4 nitrogen and oxygen atoms in total. The zero-order valence-corrected chi connectivity index (χ0v) is 12.2. The first-order valence-corrected chi connectivity index (χ1v) is 8.50. The lowest BCUT2D eigenvalue weighted by atomic mass is 9.91. The van der Waals surface area contributed by atoms with E-state index in [4.69, 9.17) is 0 Å². The summed E-state index contributed by atoms with van der Waals surface area (Å²) >= 11 is 0. The number of sulfone groups is 1. The first-order valence-electron chi connectivity index (χ1n) is 6.60. The molecule has 5 heteroatoms. The van der Waals surface area contributed by atoms with Crippen molar-refractivity contribution in [1.29, 1.82) is 0 Å². The second kappa shape index (κ2) is 5.51. The van der Waals surface area contributed by atoms with E-state index >= 15 is 0 Å². The quantitative estimate of drug-likeness (QED) is 0.919. The van der Waals surface area contributed by atoms with E-state index < -0.39 is 9.84 Å². The van der Waals surface area contributed by atoms with Crippen LogP contribution in [0.1, 0.15) is 25.7 Å². The Labute approximate surface area is 115 Å². The molecule has 1 saturated carbocycles. The van der Waals surface area contributed by atoms with Crippen molar-refractivity contribution in [1.82, 2.24) is 0 Å². The maximum atomic E-state index is 11.4. The van der Waals surface area contributed by atoms with Gasteiger partial charge in [-0.3, -0.25) is 0 Å². The van der Waals surface area contributed by atoms with Crippen LogP contribution in [0.2, 0.25) is 0 Å². The Morgan fingerprint density at radius 2 is 1.74 bits per heavy atom. The van der Waals surface area contributed by atoms with Crippen LogP contribution >= 0.6 is 0 Å². The van der Waals surface area contributed by atoms with Crippen LogP contribution in [0, 0.1) is 0 Å². The molecule has 0 heterocycles. The number of hydrogen-bond acceptors (Lipinski definition) is 4. The summed E-state index contributed by atoms with van der Waals surface area (Å²) in [5.41, 5.74) is 0.943. The molecule has 2 rings (SSSR count). The molecule has 1 fully saturated rings. The van der Waals surface area contributed by atoms with Crippen LogP contribution in [0.15, 0.2) is 29.2 Å². The monoisotopic (exact) mass is 283 g/mol. The molecule has 0 aliphatic heterocycles. The molecule has 0 aromatic heterocycles. The molecule has 0 spiro atoms. The molecule has 106 valence electrons. The second-order valence-electron chi connectivity index (χ2n) is 5.30. The SMILES string of the molecule is CN(c1ccc(S(C)(=O)=O)cc1)C1CCCCC1O. The van der Waals surface area contributed by atoms with Gasteiger partial charge in [-0.2, -0.15) is 0 Å². The summed E-state index contributed by atoms with van der Waals surface area (Å²) < 4.78 is 22.8. The fourth-order valence-corrected chi connectivity index (χ4v) is 3.29. The van der Waals surface area contributed by atoms with Crippen LogP contribution in [0.4, 0.5) is 5.69 Å². The second-order valence-corrected chi connectivity index (χ2v) is 7.31. The molecule has 1 aromatic carbocycles. The molecule has 2 unspecified atom stereocenters. The van der Waals surface area contributed by atoms with Crippen LogP contribution in [0.5, 0.6) is 0 Å². The highest BCUT2D eigenvalue weighted by molar-refractivity contribution is 7.90. The third kappa shape index (κ3) is 3.28. The molecule has 2 atom stereocenters. The summed E-state index contributed by atoms with van der Waals surface area (Å²) in [7, 11) is -1.20. The highest BCUT2D eigenvalue weighted by Gasteiger charge is 2.26. The van der Waals surface area contributed by atoms with Crippen molar-refractivity contribution in [3.05, 3.63) is 24.3 Å². The number of benzene rings is 1. The van der Waals surface area contributed by atoms with E-state index in [2.05, 4.69) is 4.90 Å². The number of anilines is 1. The molecule has 1 aliphatic carbocycles. The van der Waals surface area contributed by atoms with Crippen LogP contribution < -0.4 is 4.90 Å². The molecule has 1 aliphatic rings. The average Bonchev–Trinajstić information content (AvgIpc) is 2.38. The van der Waals surface area contributed by atoms with Crippen LogP contribution in [-0.2, 0) is 9.84 Å². The summed E-state index contributed by atoms with van der Waals surface area (Å²) in [6.07, 6.45) is 4.94. The van der Waals surface area contributed by atoms with Gasteiger partial charge >= 0.3 is 0 Å². The predicted octanol–water partition coefficient (Wildman–Crippen LogP) is 1.83. The molecule has 1 N–H and O–H groups in total. The maximum absolute atomic E-state index is 11.4. The summed E-state index contributed by atoms with van der Waals surface area (Å²) in [5.74, 6) is 0. The Kier molecular flexibility index (Phi) is 4.16. The van der Waals surface area contributed by atoms with Gasteiger partial charge in [0.15, 0.2) is 9.84 Å². The van der Waals surface area contributed by atoms with Gasteiger partial charge in [0.1, 0.15) is 0 Å². The number of aliphatic hydroxyl groups is 1. The van der Waals surface area contributed by atoms with E-state index in [1.807, 2.05) is 7.05 Å². The van der Waals surface area contributed by atoms with Crippen molar-refractivity contribution in [2.75, 3.05) is 18.2 Å². The van der Waals surface area contributed by atoms with Gasteiger partial charge in [-0.15, -0.1) is 0 Å². The minimum absolute atomic E-state index is 0.123. The van der Waals surface area contributed by atoms with Gasteiger partial charge in [0.2, 0.25) is 0 Å². The number of nitrogens with zero attached hydrogens (tertiary/aromatic N) is 1. The van der Waals surface area contributed by atoms with Crippen LogP contribution in [0.25, 0.3) is 0 Å². The Morgan fingerprint density at radius 1 is 1.16 bits per heavy atom. The van der Waals surface area contributed by atoms with Gasteiger partial charge in [0.25, 0.3) is 0 Å². The summed E-state index contributed by atoms with van der Waals surface area (Å²) in [6, 6.07) is 6.97. The average molecular weight is 283 g/mol. The third-order valence-electron chi connectivity index (χ3n) is 3.86. The summed E-state index contributed by atoms with van der Waals surface area (Å²) in [6.45, 7) is 0. The Morgan fingerprint density at radius 3 is 2.26 bits per heavy atom. The first-order chi connectivity index (χ1) is 8.89. The standard InChI is InChI=1S/C14H21NO3S/c1-15(13-5-3-4-6-14(13)16)11-7-9-12(10-8-11)19(2,17)18/h7-10,13-14,16H,3-6H2,1-2H3. The largest absolute Gasteiger partial charge is 0.391 e. The number of aliphatic hydroxyl groups excluding tert-OH is 1. The minimum atomic E-state index is -3.15. The Balaban J connectivity index is 2.17. The summed E-state index contributed by atoms with van der Waals surface area (Å²) in [5, 5.41) is 10.0. The molecule has 0 saturated heterocycles. The zero-order valence-electron chi connectivity index (χ0n) is 11.4. The minimum Gasteiger partial charge on any atom is -0.391 e. The molecular formula is C14H21NO3S. The lowest BCUT2D eigenvalue weighted by Gasteiger charge is -2.36. The smallest absolute Gasteiger partial charge is 0.175 e. The van der Waals surface area contributed by atoms with Crippen LogP contribution in [0.3, 0.4) is 0 Å². The van der Waals surface area contributed by atoms with Crippen molar-refractivity contribution in [3.63, 3.8) is 0 Å². The highest BCUT2D eigenvalue weighted by Crippen LogP contribution is 2.27. The molecule has 0 amide bonds. The van der Waals surface area contributed by atoms with Crippen LogP contribution in [-0.4, -0.2) is 39.0 Å². The van der Waals surface area contributed by atoms with E-state index in [-0.39, 0.29) is 12.1 Å². The molecule has 0 radical (unpaired) electrons. The first kappa shape index (κ1) is 14.3. The van der Waals surface area contributed by atoms with Gasteiger partial charge in [-0.05, 0) is 37.1 Å². The fourth-order valence-electron chi connectivity index (χ4n) is 2.66. The third-order valence-corrected chi connectivity index (χ3v) is 4.99. The molecule has 19 heavy (non-hydrogen) atoms. The molecule has 0 bridgehead atoms. The van der Waals surface area contributed by atoms with E-state index in [0.29, 0.717) is 4.90 Å². The van der Waals surface area contributed by atoms with Gasteiger partial charge in [0.05, 0.1) is 17.0 Å². The van der Waals surface area contributed by atoms with E-state index in [1.165, 1.54) is 6.26 Å². The van der Waals surface area contributed by atoms with E-state index in [0.717, 1.165) is 31.4 Å². The van der Waals surface area contributed by atoms with E-state index in [9.17, 15) is 13.5 Å². The maximum Gasteiger partial charge on any atom is 0.175 e. The number of hydrogen-bond donors (Lipinski definition) is 1. The number of likely N-dealkylation sites (N-methyl/N-ethyl adjacent to an activating group) is 1. The van der Waals surface area contributed by atoms with Crippen molar-refractivity contribution < 1.29 is 13.5 Å². The van der Waals surface area contributed by atoms with Crippen molar-refractivity contribution in [2.24, 2.45) is 0 Å². The highest BCUT2D eigenvalue weighted by atomic mass is 32.2. The molecular weight excluding hydrogens is 262 g/mol. The topological polar surface area (TPSA) is 57.6 Å². The predicted molar refractivity (Wildman–Crippen MR) is 76.2 cm³/mol.